The van der Waals surface area contributed by atoms with E-state index in [1.165, 1.54) is 0 Å². The van der Waals surface area contributed by atoms with E-state index in [1.807, 2.05) is 6.92 Å². The normalized spacial score (nSPS) is 40.0. The molecule has 1 N–H and O–H groups in total. The van der Waals surface area contributed by atoms with Crippen molar-refractivity contribution in [3.05, 3.63) is 76.3 Å². The standard InChI is InChI=1S/C55H85BrO12SSi.C48H79BrO10Si/c1-13-14-15-39-25-34(4)36(6)46(61-39)29-47-43(37(7)45(63-47)24-33(3)31-60-70(11,12)54(8,9)10)28-38(57)27-40-18-21-44-49(62-40)53-52-51(64-44)50-48(65-52)30-55(66-50,67-53)23-22-41(26-35(5)56)68-69(58,59)42-19-16-32(2)17-20-42;1-12-13-14-34-20-28(3)30(5)39(53-34)24-40-36(31(6)38(55-40)19-27(2)26-52-60(10,11)47(7,8)9)23-33(51)22-35-15-16-37-42(54-35)46-45-44(56-37)43-41(57-45)25-48(58-43,59-46)18-17-32(50)21-29(4)49/h16-17,19-20,33-34,37,39-41,43-53H,5-6,13-15,18,21-31H2,1-4,7-12H3;27-28,31-32,34-46,50H,4-5,12-26H2,1-3,6-11H3/t33-,34+,37+,39-,40+,41+,43?,44-,45+,46?,47-,48+,49-,50-,51-,52+,53-,55-;27-,28+,31+,32+,34-,35+,36?,37-,38+,39?,40-,41+,42-,43-,44-,45+,46-,48-/m00/s1. The number of ether oxygens (including phenoxy) is 14. The van der Waals surface area contributed by atoms with Gasteiger partial charge in [0.15, 0.2) is 28.2 Å². The van der Waals surface area contributed by atoms with Gasteiger partial charge in [-0.3, -0.25) is 13.8 Å². The summed E-state index contributed by atoms with van der Waals surface area (Å²) in [5.41, 5.74) is 3.26. The molecule has 17 rings (SSSR count). The van der Waals surface area contributed by atoms with Crippen molar-refractivity contribution in [2.75, 3.05) is 13.2 Å². The number of ketones is 2. The highest BCUT2D eigenvalue weighted by Crippen LogP contribution is 2.58. The van der Waals surface area contributed by atoms with Crippen LogP contribution < -0.4 is 0 Å². The molecule has 12 bridgehead atoms. The maximum Gasteiger partial charge on any atom is 0.297 e. The van der Waals surface area contributed by atoms with Gasteiger partial charge in [0.1, 0.15) is 72.6 Å². The first-order valence-electron chi connectivity index (χ1n) is 50.5. The molecular formula is C103H164Br2O22SSi2. The van der Waals surface area contributed by atoms with E-state index in [-0.39, 0.29) is 191 Å². The lowest BCUT2D eigenvalue weighted by molar-refractivity contribution is -0.292. The highest BCUT2D eigenvalue weighted by molar-refractivity contribution is 9.12. The lowest BCUT2D eigenvalue weighted by atomic mass is 9.78. The lowest BCUT2D eigenvalue weighted by Crippen LogP contribution is -2.61. The predicted molar refractivity (Wildman–Crippen MR) is 514 cm³/mol. The summed E-state index contributed by atoms with van der Waals surface area (Å²) in [7, 11) is -7.84. The SMILES string of the molecule is C=C(Br)C[C@@H](CC[C@@]12C[C@H]3O[C@H]4[C@@H](O1)[C@H]1O[C@@H](CC(=O)CC5[C@H](CC6O[C@@H](CCCC)C[C@@H](C)C6=C)O[C@H](C[C@H](C)CO[Si](C)(C)C(C)(C)C)[C@@H]5C)CC[C@@H]1O[C@H]4[C@H]3O2)OS(=O)(=O)c1ccc(C)cc1.C=C(Br)C[C@H](O)CC[C@@]12C[C@H]3O[C@H]4[C@@H](O1)[C@H]1O[C@@H](CC(=O)CC5[C@H](CC6O[C@@H](CCCC)C[C@@H](C)C6=C)O[C@H](C[C@H](C)CO[Si](C)(C)C(C)(C)C)[C@@H]5C)CC[C@@H]1O[C@H]4[C@H]3O2. The van der Waals surface area contributed by atoms with Gasteiger partial charge in [0.2, 0.25) is 0 Å². The van der Waals surface area contributed by atoms with Crippen molar-refractivity contribution < 1.29 is 102 Å². The first-order chi connectivity index (χ1) is 61.2. The van der Waals surface area contributed by atoms with Gasteiger partial charge in [0.05, 0.1) is 103 Å². The summed E-state index contributed by atoms with van der Waals surface area (Å²) in [6.07, 6.45) is 14.3. The molecule has 736 valence electrons. The van der Waals surface area contributed by atoms with Gasteiger partial charge in [-0.05, 0) is 200 Å². The van der Waals surface area contributed by atoms with Crippen LogP contribution in [0, 0.1) is 54.3 Å². The van der Waals surface area contributed by atoms with Gasteiger partial charge in [-0.15, -0.1) is 0 Å². The van der Waals surface area contributed by atoms with Gasteiger partial charge in [-0.2, -0.15) is 8.42 Å². The fraction of sp³-hybridized carbons (Fsp3) is 0.845. The van der Waals surface area contributed by atoms with Crippen LogP contribution in [0.4, 0.5) is 0 Å². The molecule has 0 aliphatic carbocycles. The van der Waals surface area contributed by atoms with Gasteiger partial charge in [-0.1, -0.05) is 198 Å². The zero-order valence-electron chi connectivity index (χ0n) is 82.2. The van der Waals surface area contributed by atoms with Crippen molar-refractivity contribution >= 4 is 70.2 Å². The van der Waals surface area contributed by atoms with Crippen molar-refractivity contribution in [3.63, 3.8) is 0 Å². The molecule has 1 aromatic carbocycles. The number of halogens is 2. The molecule has 130 heavy (non-hydrogen) atoms. The monoisotopic (exact) mass is 2000 g/mol. The zero-order valence-corrected chi connectivity index (χ0v) is 88.2. The highest BCUT2D eigenvalue weighted by atomic mass is 79.9. The third-order valence-electron chi connectivity index (χ3n) is 33.3. The van der Waals surface area contributed by atoms with Crippen LogP contribution >= 0.6 is 31.9 Å². The first kappa shape index (κ1) is 104. The number of fused-ring (bicyclic) bond motifs is 2. The highest BCUT2D eigenvalue weighted by Gasteiger charge is 2.71. The summed E-state index contributed by atoms with van der Waals surface area (Å²) in [6, 6.07) is 6.64. The molecule has 0 aromatic heterocycles. The molecule has 0 amide bonds. The number of hydrogen-bond donors (Lipinski definition) is 1. The second kappa shape index (κ2) is 42.9. The van der Waals surface area contributed by atoms with E-state index in [4.69, 9.17) is 79.4 Å². The Balaban J connectivity index is 0.000000212. The van der Waals surface area contributed by atoms with E-state index < -0.39 is 62.7 Å². The Kier molecular flexibility index (Phi) is 34.3. The number of aliphatic hydroxyl groups excluding tert-OH is 1. The summed E-state index contributed by atoms with van der Waals surface area (Å²) >= 11 is 6.83. The third-order valence-corrected chi connectivity index (χ3v) is 44.3. The molecular weight excluding hydrogens is 1840 g/mol. The molecule has 16 aliphatic heterocycles. The van der Waals surface area contributed by atoms with Crippen LogP contribution in [0.5, 0.6) is 0 Å². The van der Waals surface area contributed by atoms with Crippen LogP contribution in [-0.4, -0.2) is 225 Å². The van der Waals surface area contributed by atoms with Gasteiger partial charge in [-0.25, -0.2) is 0 Å². The van der Waals surface area contributed by atoms with Crippen LogP contribution in [0.25, 0.3) is 0 Å². The van der Waals surface area contributed by atoms with Crippen molar-refractivity contribution in [2.24, 2.45) is 47.3 Å². The molecule has 16 saturated heterocycles. The Morgan fingerprint density at radius 2 is 0.923 bits per heavy atom. The van der Waals surface area contributed by atoms with Crippen LogP contribution in [0.2, 0.25) is 36.3 Å². The Hall–Kier alpha value is -1.86. The molecule has 16 fully saturated rings. The molecule has 36 atom stereocenters. The average Bonchev–Trinajstić information content (AvgIpc) is 1.55. The number of aryl methyl sites for hydroxylation is 1. The maximum atomic E-state index is 14.5. The summed E-state index contributed by atoms with van der Waals surface area (Å²) in [5, 5.41) is 11.0. The molecule has 0 spiro atoms. The number of aliphatic hydroxyl groups is 1. The van der Waals surface area contributed by atoms with Crippen molar-refractivity contribution in [1.29, 1.82) is 0 Å². The molecule has 4 unspecified atom stereocenters. The number of benzene rings is 1. The van der Waals surface area contributed by atoms with Crippen LogP contribution in [0.3, 0.4) is 0 Å². The summed E-state index contributed by atoms with van der Waals surface area (Å²) in [5.74, 6) is 0.389. The fourth-order valence-corrected chi connectivity index (χ4v) is 27.4. The quantitative estimate of drug-likeness (QED) is 0.0364. The number of carbonyl (C=O) groups excluding carboxylic acids is 2. The van der Waals surface area contributed by atoms with Gasteiger partial charge in [0.25, 0.3) is 10.1 Å². The molecule has 22 nitrogen and oxygen atoms in total. The molecule has 16 aliphatic rings. The molecule has 0 saturated carbocycles. The largest absolute Gasteiger partial charge is 0.417 e. The van der Waals surface area contributed by atoms with Crippen molar-refractivity contribution in [1.82, 2.24) is 0 Å². The number of rotatable bonds is 41. The third kappa shape index (κ3) is 24.3. The van der Waals surface area contributed by atoms with E-state index in [2.05, 4.69) is 181 Å². The fourth-order valence-electron chi connectivity index (χ4n) is 23.3. The maximum absolute atomic E-state index is 14.5. The molecule has 0 radical (unpaired) electrons. The number of carbonyl (C=O) groups is 2. The minimum absolute atomic E-state index is 0.00569. The van der Waals surface area contributed by atoms with Crippen LogP contribution in [0.15, 0.2) is 75.6 Å². The molecule has 1 aromatic rings. The summed E-state index contributed by atoms with van der Waals surface area (Å²) in [6.45, 7) is 61.4. The van der Waals surface area contributed by atoms with Gasteiger partial charge in [0, 0.05) is 90.3 Å². The Labute approximate surface area is 799 Å². The molecule has 16 heterocycles. The summed E-state index contributed by atoms with van der Waals surface area (Å²) in [4.78, 5) is 28.9. The smallest absolute Gasteiger partial charge is 0.297 e. The predicted octanol–water partition coefficient (Wildman–Crippen LogP) is 21.2. The topological polar surface area (TPSA) is 245 Å². The van der Waals surface area contributed by atoms with Gasteiger partial charge >= 0.3 is 0 Å². The van der Waals surface area contributed by atoms with Crippen molar-refractivity contribution in [3.8, 4) is 0 Å². The summed E-state index contributed by atoms with van der Waals surface area (Å²) < 4.78 is 143. The minimum atomic E-state index is -4.05. The number of unbranched alkanes of at least 4 members (excludes halogenated alkanes) is 2. The number of Topliss-reactive ketones (excluding diaryl/α,β-unsaturated/α-hetero) is 2. The van der Waals surface area contributed by atoms with E-state index in [0.29, 0.717) is 118 Å². The second-order valence-electron chi connectivity index (χ2n) is 45.7. The Morgan fingerprint density at radius 1 is 0.523 bits per heavy atom. The van der Waals surface area contributed by atoms with Crippen LogP contribution in [0.1, 0.15) is 282 Å². The van der Waals surface area contributed by atoms with Crippen LogP contribution in [-0.2, 0) is 99.1 Å². The lowest BCUT2D eigenvalue weighted by Gasteiger charge is -2.47. The molecule has 27 heteroatoms. The van der Waals surface area contributed by atoms with E-state index in [0.717, 1.165) is 118 Å². The van der Waals surface area contributed by atoms with E-state index in [1.54, 1.807) is 24.3 Å². The second-order valence-corrected chi connectivity index (χ2v) is 59.2. The van der Waals surface area contributed by atoms with Gasteiger partial charge < -0.3 is 80.3 Å². The minimum Gasteiger partial charge on any atom is -0.417 e. The van der Waals surface area contributed by atoms with E-state index in [9.17, 15) is 23.1 Å². The first-order valence-corrected chi connectivity index (χ1v) is 59.3. The van der Waals surface area contributed by atoms with Crippen molar-refractivity contribution in [2.45, 2.75) is 495 Å². The average molecular weight is 2000 g/mol. The Bertz CT molecular complexity index is 4140. The zero-order chi connectivity index (χ0) is 93.8. The van der Waals surface area contributed by atoms with E-state index >= 15 is 0 Å². The number of hydrogen-bond acceptors (Lipinski definition) is 22. The Morgan fingerprint density at radius 3 is 1.33 bits per heavy atom.